The van der Waals surface area contributed by atoms with Crippen molar-refractivity contribution in [3.05, 3.63) is 34.7 Å². The molecule has 1 fully saturated rings. The Morgan fingerprint density at radius 3 is 2.77 bits per heavy atom. The number of methoxy groups -OCH3 is 1. The first-order valence-electron chi connectivity index (χ1n) is 6.23. The molecule has 116 valence electrons. The van der Waals surface area contributed by atoms with Crippen LogP contribution in [0, 0.1) is 0 Å². The van der Waals surface area contributed by atoms with E-state index in [2.05, 4.69) is 0 Å². The number of para-hydroxylation sites is 1. The number of thioether (sulfide) groups is 1. The molecule has 1 atom stereocenters. The minimum Gasteiger partial charge on any atom is -0.496 e. The fourth-order valence-corrected chi connectivity index (χ4v) is 3.29. The van der Waals surface area contributed by atoms with Crippen LogP contribution in [-0.4, -0.2) is 51.1 Å². The molecule has 1 heterocycles. The van der Waals surface area contributed by atoms with Crippen molar-refractivity contribution < 1.29 is 24.5 Å². The van der Waals surface area contributed by atoms with Gasteiger partial charge in [0.2, 0.25) is 0 Å². The van der Waals surface area contributed by atoms with Crippen molar-refractivity contribution >= 4 is 46.3 Å². The highest BCUT2D eigenvalue weighted by molar-refractivity contribution is 8.26. The van der Waals surface area contributed by atoms with E-state index in [0.29, 0.717) is 11.3 Å². The maximum absolute atomic E-state index is 12.4. The minimum absolute atomic E-state index is 0.104. The minimum atomic E-state index is -1.38. The number of amides is 1. The monoisotopic (exact) mass is 339 g/mol. The van der Waals surface area contributed by atoms with Gasteiger partial charge in [0, 0.05) is 5.56 Å². The number of ether oxygens (including phenoxy) is 1. The van der Waals surface area contributed by atoms with E-state index >= 15 is 0 Å². The average Bonchev–Trinajstić information content (AvgIpc) is 2.76. The van der Waals surface area contributed by atoms with Gasteiger partial charge in [-0.25, -0.2) is 4.79 Å². The number of nitrogens with zero attached hydrogens (tertiary/aromatic N) is 1. The molecule has 1 aliphatic heterocycles. The molecule has 1 aliphatic rings. The summed E-state index contributed by atoms with van der Waals surface area (Å²) in [5.41, 5.74) is 0.682. The first-order chi connectivity index (χ1) is 10.5. The Balaban J connectivity index is 2.35. The van der Waals surface area contributed by atoms with Crippen LogP contribution in [0.5, 0.6) is 5.75 Å². The van der Waals surface area contributed by atoms with Crippen molar-refractivity contribution in [3.63, 3.8) is 0 Å². The number of aliphatic hydroxyl groups is 1. The number of carbonyl (C=O) groups excluding carboxylic acids is 1. The van der Waals surface area contributed by atoms with E-state index in [0.717, 1.165) is 16.7 Å². The van der Waals surface area contributed by atoms with Crippen LogP contribution >= 0.6 is 24.0 Å². The van der Waals surface area contributed by atoms with Gasteiger partial charge in [-0.3, -0.25) is 9.69 Å². The number of thiocarbonyl (C=S) groups is 1. The zero-order chi connectivity index (χ0) is 16.3. The highest BCUT2D eigenvalue weighted by Crippen LogP contribution is 2.35. The first kappa shape index (κ1) is 16.5. The fourth-order valence-electron chi connectivity index (χ4n) is 1.95. The summed E-state index contributed by atoms with van der Waals surface area (Å²) in [4.78, 5) is 24.7. The van der Waals surface area contributed by atoms with E-state index in [1.807, 2.05) is 0 Å². The molecule has 0 saturated carbocycles. The topological polar surface area (TPSA) is 87.1 Å². The lowest BCUT2D eigenvalue weighted by molar-refractivity contribution is -0.146. The number of benzene rings is 1. The van der Waals surface area contributed by atoms with Gasteiger partial charge in [0.25, 0.3) is 5.91 Å². The number of carbonyl (C=O) groups is 2. The normalized spacial score (nSPS) is 17.9. The number of hydrogen-bond acceptors (Lipinski definition) is 6. The standard InChI is InChI=1S/C14H13NO5S2/c1-20-10-5-3-2-4-8(10)6-11-12(17)15(14(21)22-11)9(7-16)13(18)19/h2-6,9,16H,7H2,1H3,(H,18,19)/b11-6-. The maximum atomic E-state index is 12.4. The predicted octanol–water partition coefficient (Wildman–Crippen LogP) is 1.34. The molecule has 0 aliphatic carbocycles. The van der Waals surface area contributed by atoms with Crippen LogP contribution in [0.15, 0.2) is 29.2 Å². The number of hydrogen-bond donors (Lipinski definition) is 2. The molecular formula is C14H13NO5S2. The van der Waals surface area contributed by atoms with E-state index < -0.39 is 24.5 Å². The molecule has 1 saturated heterocycles. The second-order valence-corrected chi connectivity index (χ2v) is 6.01. The molecule has 0 spiro atoms. The zero-order valence-corrected chi connectivity index (χ0v) is 13.2. The van der Waals surface area contributed by atoms with Crippen LogP contribution in [0.3, 0.4) is 0 Å². The second kappa shape index (κ2) is 6.91. The van der Waals surface area contributed by atoms with Gasteiger partial charge in [0.05, 0.1) is 18.6 Å². The largest absolute Gasteiger partial charge is 0.496 e. The van der Waals surface area contributed by atoms with E-state index in [9.17, 15) is 9.59 Å². The Hall–Kier alpha value is -1.90. The van der Waals surface area contributed by atoms with Gasteiger partial charge in [-0.15, -0.1) is 0 Å². The van der Waals surface area contributed by atoms with Crippen molar-refractivity contribution in [2.45, 2.75) is 6.04 Å². The van der Waals surface area contributed by atoms with Gasteiger partial charge in [0.1, 0.15) is 10.1 Å². The van der Waals surface area contributed by atoms with E-state index in [4.69, 9.17) is 27.2 Å². The number of rotatable bonds is 5. The Morgan fingerprint density at radius 1 is 1.50 bits per heavy atom. The van der Waals surface area contributed by atoms with Crippen LogP contribution in [0.2, 0.25) is 0 Å². The molecule has 1 amide bonds. The molecule has 1 aromatic carbocycles. The summed E-state index contributed by atoms with van der Waals surface area (Å²) < 4.78 is 5.31. The fraction of sp³-hybridized carbons (Fsp3) is 0.214. The summed E-state index contributed by atoms with van der Waals surface area (Å²) >= 11 is 6.05. The number of carboxylic acid groups (broad SMARTS) is 1. The summed E-state index contributed by atoms with van der Waals surface area (Å²) in [6.45, 7) is -0.705. The van der Waals surface area contributed by atoms with Gasteiger partial charge >= 0.3 is 5.97 Å². The first-order valence-corrected chi connectivity index (χ1v) is 7.45. The lowest BCUT2D eigenvalue weighted by Crippen LogP contribution is -2.46. The van der Waals surface area contributed by atoms with E-state index in [1.165, 1.54) is 7.11 Å². The number of aliphatic hydroxyl groups excluding tert-OH is 1. The molecule has 8 heteroatoms. The van der Waals surface area contributed by atoms with Crippen LogP contribution in [0.25, 0.3) is 6.08 Å². The Labute approximate surface area is 136 Å². The Bertz CT molecular complexity index is 658. The van der Waals surface area contributed by atoms with Crippen molar-refractivity contribution in [2.75, 3.05) is 13.7 Å². The summed E-state index contributed by atoms with van der Waals surface area (Å²) in [6.07, 6.45) is 1.59. The van der Waals surface area contributed by atoms with Crippen molar-refractivity contribution in [2.24, 2.45) is 0 Å². The van der Waals surface area contributed by atoms with Crippen LogP contribution in [-0.2, 0) is 9.59 Å². The quantitative estimate of drug-likeness (QED) is 0.618. The Morgan fingerprint density at radius 2 is 2.18 bits per heavy atom. The van der Waals surface area contributed by atoms with Gasteiger partial charge in [-0.1, -0.05) is 42.2 Å². The van der Waals surface area contributed by atoms with E-state index in [1.54, 1.807) is 30.3 Å². The predicted molar refractivity (Wildman–Crippen MR) is 86.5 cm³/mol. The average molecular weight is 339 g/mol. The van der Waals surface area contributed by atoms with Gasteiger partial charge in [-0.2, -0.15) is 0 Å². The number of aliphatic carboxylic acids is 1. The molecule has 0 radical (unpaired) electrons. The van der Waals surface area contributed by atoms with Crippen LogP contribution < -0.4 is 4.74 Å². The smallest absolute Gasteiger partial charge is 0.329 e. The molecular weight excluding hydrogens is 326 g/mol. The third-order valence-electron chi connectivity index (χ3n) is 3.02. The third-order valence-corrected chi connectivity index (χ3v) is 4.35. The van der Waals surface area contributed by atoms with Gasteiger partial charge in [0.15, 0.2) is 6.04 Å². The highest BCUT2D eigenvalue weighted by Gasteiger charge is 2.40. The second-order valence-electron chi connectivity index (χ2n) is 4.33. The van der Waals surface area contributed by atoms with Gasteiger partial charge < -0.3 is 14.9 Å². The molecule has 0 aromatic heterocycles. The molecule has 22 heavy (non-hydrogen) atoms. The Kier molecular flexibility index (Phi) is 5.17. The van der Waals surface area contributed by atoms with Crippen molar-refractivity contribution in [1.82, 2.24) is 4.90 Å². The summed E-state index contributed by atoms with van der Waals surface area (Å²) in [6, 6.07) is 5.74. The van der Waals surface area contributed by atoms with Gasteiger partial charge in [-0.05, 0) is 12.1 Å². The van der Waals surface area contributed by atoms with Crippen molar-refractivity contribution in [3.8, 4) is 5.75 Å². The highest BCUT2D eigenvalue weighted by atomic mass is 32.2. The zero-order valence-electron chi connectivity index (χ0n) is 11.6. The summed E-state index contributed by atoms with van der Waals surface area (Å²) in [7, 11) is 1.52. The molecule has 0 bridgehead atoms. The molecule has 2 N–H and O–H groups in total. The maximum Gasteiger partial charge on any atom is 0.329 e. The molecule has 6 nitrogen and oxygen atoms in total. The van der Waals surface area contributed by atoms with Crippen molar-refractivity contribution in [1.29, 1.82) is 0 Å². The van der Waals surface area contributed by atoms with Crippen LogP contribution in [0.1, 0.15) is 5.56 Å². The molecule has 1 aromatic rings. The SMILES string of the molecule is COc1ccccc1/C=C1\SC(=S)N(C(CO)C(=O)O)C1=O. The lowest BCUT2D eigenvalue weighted by Gasteiger charge is -2.20. The summed E-state index contributed by atoms with van der Waals surface area (Å²) in [5.74, 6) is -1.26. The molecule has 1 unspecified atom stereocenters. The third kappa shape index (κ3) is 3.13. The lowest BCUT2D eigenvalue weighted by atomic mass is 10.2. The van der Waals surface area contributed by atoms with E-state index in [-0.39, 0.29) is 9.23 Å². The summed E-state index contributed by atoms with van der Waals surface area (Å²) in [5, 5.41) is 18.2. The molecule has 2 rings (SSSR count). The van der Waals surface area contributed by atoms with Crippen LogP contribution in [0.4, 0.5) is 0 Å². The number of carboxylic acids is 1.